The molecule has 0 radical (unpaired) electrons. The van der Waals surface area contributed by atoms with Gasteiger partial charge in [0.15, 0.2) is 0 Å². The standard InChI is InChI=1S/C20H13BrN2OS/c21-16-6-2-1-5-15(16)19(24)22-14-11-9-13(10-12-14)20-23-17-7-3-4-8-18(17)25-20/h1-12H,(H,22,24). The van der Waals surface area contributed by atoms with Crippen molar-refractivity contribution < 1.29 is 4.79 Å². The topological polar surface area (TPSA) is 42.0 Å². The number of carbonyl (C=O) groups is 1. The number of nitrogens with one attached hydrogen (secondary N) is 1. The summed E-state index contributed by atoms with van der Waals surface area (Å²) in [6, 6.07) is 23.2. The Morgan fingerprint density at radius 1 is 0.920 bits per heavy atom. The van der Waals surface area contributed by atoms with Gasteiger partial charge in [-0.1, -0.05) is 24.3 Å². The van der Waals surface area contributed by atoms with E-state index in [-0.39, 0.29) is 5.91 Å². The highest BCUT2D eigenvalue weighted by Gasteiger charge is 2.10. The number of fused-ring (bicyclic) bond motifs is 1. The SMILES string of the molecule is O=C(Nc1ccc(-c2nc3ccccc3s2)cc1)c1ccccc1Br. The fourth-order valence-corrected chi connectivity index (χ4v) is 3.97. The summed E-state index contributed by atoms with van der Waals surface area (Å²) in [7, 11) is 0. The number of para-hydroxylation sites is 1. The largest absolute Gasteiger partial charge is 0.322 e. The van der Waals surface area contributed by atoms with Gasteiger partial charge in [-0.05, 0) is 64.5 Å². The summed E-state index contributed by atoms with van der Waals surface area (Å²) >= 11 is 5.07. The molecular formula is C20H13BrN2OS. The summed E-state index contributed by atoms with van der Waals surface area (Å²) in [6.07, 6.45) is 0. The van der Waals surface area contributed by atoms with Crippen molar-refractivity contribution in [3.8, 4) is 10.6 Å². The number of hydrogen-bond donors (Lipinski definition) is 1. The first-order valence-electron chi connectivity index (χ1n) is 7.72. The number of hydrogen-bond acceptors (Lipinski definition) is 3. The van der Waals surface area contributed by atoms with Crippen molar-refractivity contribution in [1.29, 1.82) is 0 Å². The van der Waals surface area contributed by atoms with E-state index < -0.39 is 0 Å². The molecule has 0 unspecified atom stereocenters. The van der Waals surface area contributed by atoms with Gasteiger partial charge in [-0.15, -0.1) is 11.3 Å². The summed E-state index contributed by atoms with van der Waals surface area (Å²) in [6.45, 7) is 0. The van der Waals surface area contributed by atoms with Gasteiger partial charge in [-0.25, -0.2) is 4.98 Å². The molecule has 0 spiro atoms. The zero-order chi connectivity index (χ0) is 17.2. The fraction of sp³-hybridized carbons (Fsp3) is 0. The van der Waals surface area contributed by atoms with E-state index in [4.69, 9.17) is 0 Å². The van der Waals surface area contributed by atoms with Crippen LogP contribution in [0.5, 0.6) is 0 Å². The molecule has 3 nitrogen and oxygen atoms in total. The Balaban J connectivity index is 1.56. The summed E-state index contributed by atoms with van der Waals surface area (Å²) in [5, 5.41) is 3.90. The van der Waals surface area contributed by atoms with Crippen molar-refractivity contribution in [3.63, 3.8) is 0 Å². The molecule has 0 saturated carbocycles. The van der Waals surface area contributed by atoms with E-state index in [1.807, 2.05) is 60.7 Å². The van der Waals surface area contributed by atoms with Crippen LogP contribution in [0.25, 0.3) is 20.8 Å². The minimum absolute atomic E-state index is 0.139. The molecule has 1 amide bonds. The lowest BCUT2D eigenvalue weighted by molar-refractivity contribution is 0.102. The van der Waals surface area contributed by atoms with E-state index >= 15 is 0 Å². The van der Waals surface area contributed by atoms with Gasteiger partial charge in [0.1, 0.15) is 5.01 Å². The lowest BCUT2D eigenvalue weighted by atomic mass is 10.2. The minimum Gasteiger partial charge on any atom is -0.322 e. The Hall–Kier alpha value is -2.50. The zero-order valence-electron chi connectivity index (χ0n) is 13.1. The summed E-state index contributed by atoms with van der Waals surface area (Å²) < 4.78 is 1.95. The monoisotopic (exact) mass is 408 g/mol. The number of aromatic nitrogens is 1. The van der Waals surface area contributed by atoms with Crippen LogP contribution < -0.4 is 5.32 Å². The van der Waals surface area contributed by atoms with Crippen LogP contribution in [0, 0.1) is 0 Å². The summed E-state index contributed by atoms with van der Waals surface area (Å²) in [5.74, 6) is -0.139. The molecule has 4 rings (SSSR count). The minimum atomic E-state index is -0.139. The van der Waals surface area contributed by atoms with E-state index in [0.29, 0.717) is 5.56 Å². The zero-order valence-corrected chi connectivity index (χ0v) is 15.5. The van der Waals surface area contributed by atoms with E-state index in [2.05, 4.69) is 32.3 Å². The fourth-order valence-electron chi connectivity index (χ4n) is 2.54. The third-order valence-electron chi connectivity index (χ3n) is 3.80. The molecule has 0 atom stereocenters. The van der Waals surface area contributed by atoms with Gasteiger partial charge in [-0.2, -0.15) is 0 Å². The Morgan fingerprint density at radius 2 is 1.64 bits per heavy atom. The predicted molar refractivity (Wildman–Crippen MR) is 107 cm³/mol. The van der Waals surface area contributed by atoms with Crippen LogP contribution in [-0.2, 0) is 0 Å². The van der Waals surface area contributed by atoms with Crippen LogP contribution in [0.1, 0.15) is 10.4 Å². The highest BCUT2D eigenvalue weighted by atomic mass is 79.9. The molecule has 3 aromatic carbocycles. The normalized spacial score (nSPS) is 10.8. The number of anilines is 1. The number of rotatable bonds is 3. The third kappa shape index (κ3) is 3.34. The first-order valence-corrected chi connectivity index (χ1v) is 9.33. The van der Waals surface area contributed by atoms with Crippen LogP contribution in [0.15, 0.2) is 77.3 Å². The maximum Gasteiger partial charge on any atom is 0.256 e. The molecule has 1 heterocycles. The number of amides is 1. The van der Waals surface area contributed by atoms with Gasteiger partial charge in [0, 0.05) is 15.7 Å². The average molecular weight is 409 g/mol. The molecule has 1 aromatic heterocycles. The molecule has 0 saturated heterocycles. The van der Waals surface area contributed by atoms with Crippen LogP contribution in [0.4, 0.5) is 5.69 Å². The Kier molecular flexibility index (Phi) is 4.34. The smallest absolute Gasteiger partial charge is 0.256 e. The van der Waals surface area contributed by atoms with Crippen molar-refractivity contribution in [3.05, 3.63) is 82.8 Å². The summed E-state index contributed by atoms with van der Waals surface area (Å²) in [4.78, 5) is 17.0. The molecule has 0 aliphatic rings. The average Bonchev–Trinajstić information content (AvgIpc) is 3.07. The molecule has 5 heteroatoms. The second-order valence-corrected chi connectivity index (χ2v) is 7.38. The van der Waals surface area contributed by atoms with E-state index in [1.165, 1.54) is 4.70 Å². The van der Waals surface area contributed by atoms with E-state index in [0.717, 1.165) is 26.2 Å². The molecule has 0 bridgehead atoms. The maximum absolute atomic E-state index is 12.4. The van der Waals surface area contributed by atoms with Crippen molar-refractivity contribution in [2.24, 2.45) is 0 Å². The Labute approximate surface area is 157 Å². The molecular weight excluding hydrogens is 396 g/mol. The molecule has 0 aliphatic carbocycles. The van der Waals surface area contributed by atoms with Gasteiger partial charge in [0.2, 0.25) is 0 Å². The van der Waals surface area contributed by atoms with Gasteiger partial charge in [-0.3, -0.25) is 4.79 Å². The highest BCUT2D eigenvalue weighted by molar-refractivity contribution is 9.10. The van der Waals surface area contributed by atoms with Crippen molar-refractivity contribution in [2.45, 2.75) is 0 Å². The molecule has 25 heavy (non-hydrogen) atoms. The van der Waals surface area contributed by atoms with E-state index in [9.17, 15) is 4.79 Å². The molecule has 1 N–H and O–H groups in total. The number of halogens is 1. The molecule has 122 valence electrons. The Morgan fingerprint density at radius 3 is 2.40 bits per heavy atom. The van der Waals surface area contributed by atoms with Crippen LogP contribution in [0.2, 0.25) is 0 Å². The van der Waals surface area contributed by atoms with Gasteiger partial charge >= 0.3 is 0 Å². The van der Waals surface area contributed by atoms with Crippen molar-refractivity contribution in [2.75, 3.05) is 5.32 Å². The quantitative estimate of drug-likeness (QED) is 0.453. The van der Waals surface area contributed by atoms with Crippen molar-refractivity contribution in [1.82, 2.24) is 4.98 Å². The first kappa shape index (κ1) is 16.0. The third-order valence-corrected chi connectivity index (χ3v) is 5.58. The number of benzene rings is 3. The van der Waals surface area contributed by atoms with Gasteiger partial charge in [0.25, 0.3) is 5.91 Å². The Bertz CT molecular complexity index is 1020. The molecule has 0 aliphatic heterocycles. The van der Waals surface area contributed by atoms with Crippen LogP contribution in [0.3, 0.4) is 0 Å². The van der Waals surface area contributed by atoms with Crippen LogP contribution >= 0.6 is 27.3 Å². The van der Waals surface area contributed by atoms with Gasteiger partial charge in [0.05, 0.1) is 15.8 Å². The lowest BCUT2D eigenvalue weighted by Gasteiger charge is -2.07. The van der Waals surface area contributed by atoms with Gasteiger partial charge < -0.3 is 5.32 Å². The lowest BCUT2D eigenvalue weighted by Crippen LogP contribution is -2.12. The second-order valence-electron chi connectivity index (χ2n) is 5.50. The molecule has 0 fully saturated rings. The number of thiazole rings is 1. The van der Waals surface area contributed by atoms with Crippen molar-refractivity contribution >= 4 is 49.1 Å². The second kappa shape index (κ2) is 6.78. The van der Waals surface area contributed by atoms with Crippen LogP contribution in [-0.4, -0.2) is 10.9 Å². The predicted octanol–water partition coefficient (Wildman–Crippen LogP) is 5.98. The number of nitrogens with zero attached hydrogens (tertiary/aromatic N) is 1. The summed E-state index contributed by atoms with van der Waals surface area (Å²) in [5.41, 5.74) is 3.41. The maximum atomic E-state index is 12.4. The van der Waals surface area contributed by atoms with E-state index in [1.54, 1.807) is 17.4 Å². The highest BCUT2D eigenvalue weighted by Crippen LogP contribution is 2.30. The first-order chi connectivity index (χ1) is 12.2. The molecule has 4 aromatic rings. The number of carbonyl (C=O) groups excluding carboxylic acids is 1.